The van der Waals surface area contributed by atoms with E-state index in [0.29, 0.717) is 47.2 Å². The van der Waals surface area contributed by atoms with Gasteiger partial charge in [-0.25, -0.2) is 0 Å². The highest BCUT2D eigenvalue weighted by Gasteiger charge is 2.16. The van der Waals surface area contributed by atoms with Crippen LogP contribution in [0.5, 0.6) is 11.5 Å². The van der Waals surface area contributed by atoms with Crippen LogP contribution in [-0.2, 0) is 4.79 Å². The van der Waals surface area contributed by atoms with E-state index in [1.165, 1.54) is 24.3 Å². The summed E-state index contributed by atoms with van der Waals surface area (Å²) in [6.07, 6.45) is 2.74. The molecule has 2 amide bonds. The Balaban J connectivity index is 1.84. The smallest absolute Gasteiger partial charge is 0.270 e. The molecule has 0 saturated heterocycles. The molecule has 0 atom stereocenters. The molecular formula is C26H25N3O6. The highest BCUT2D eigenvalue weighted by molar-refractivity contribution is 6.06. The van der Waals surface area contributed by atoms with Gasteiger partial charge in [-0.1, -0.05) is 30.3 Å². The summed E-state index contributed by atoms with van der Waals surface area (Å²) in [5, 5.41) is 16.5. The molecule has 3 aromatic carbocycles. The molecular weight excluding hydrogens is 450 g/mol. The predicted octanol–water partition coefficient (Wildman–Crippen LogP) is 5.30. The zero-order valence-electron chi connectivity index (χ0n) is 19.3. The van der Waals surface area contributed by atoms with Crippen molar-refractivity contribution in [1.29, 1.82) is 0 Å². The van der Waals surface area contributed by atoms with Gasteiger partial charge in [0.25, 0.3) is 11.6 Å². The van der Waals surface area contributed by atoms with Gasteiger partial charge < -0.3 is 20.1 Å². The minimum absolute atomic E-state index is 0.0688. The second-order valence-corrected chi connectivity index (χ2v) is 7.21. The summed E-state index contributed by atoms with van der Waals surface area (Å²) >= 11 is 0. The van der Waals surface area contributed by atoms with Crippen LogP contribution in [0.3, 0.4) is 0 Å². The molecule has 2 N–H and O–H groups in total. The number of benzene rings is 3. The fourth-order valence-electron chi connectivity index (χ4n) is 3.18. The summed E-state index contributed by atoms with van der Waals surface area (Å²) in [6.45, 7) is 4.26. The van der Waals surface area contributed by atoms with Crippen molar-refractivity contribution in [1.82, 2.24) is 0 Å². The van der Waals surface area contributed by atoms with E-state index in [9.17, 15) is 19.7 Å². The van der Waals surface area contributed by atoms with E-state index in [1.807, 2.05) is 6.07 Å². The van der Waals surface area contributed by atoms with E-state index in [0.717, 1.165) is 0 Å². The van der Waals surface area contributed by atoms with Gasteiger partial charge in [0.15, 0.2) is 0 Å². The van der Waals surface area contributed by atoms with Gasteiger partial charge in [-0.2, -0.15) is 0 Å². The molecule has 0 bridgehead atoms. The van der Waals surface area contributed by atoms with Crippen molar-refractivity contribution >= 4 is 35.0 Å². The Bertz CT molecular complexity index is 1240. The van der Waals surface area contributed by atoms with Gasteiger partial charge in [0, 0.05) is 35.9 Å². The number of non-ortho nitro benzene ring substituents is 1. The van der Waals surface area contributed by atoms with Crippen LogP contribution in [-0.4, -0.2) is 30.0 Å². The van der Waals surface area contributed by atoms with E-state index >= 15 is 0 Å². The summed E-state index contributed by atoms with van der Waals surface area (Å²) in [6, 6.07) is 17.9. The van der Waals surface area contributed by atoms with Crippen LogP contribution in [0, 0.1) is 10.1 Å². The van der Waals surface area contributed by atoms with Crippen LogP contribution in [0.2, 0.25) is 0 Å². The highest BCUT2D eigenvalue weighted by Crippen LogP contribution is 2.37. The summed E-state index contributed by atoms with van der Waals surface area (Å²) in [4.78, 5) is 35.7. The largest absolute Gasteiger partial charge is 0.492 e. The molecule has 0 aliphatic rings. The topological polar surface area (TPSA) is 120 Å². The molecule has 9 heteroatoms. The maximum absolute atomic E-state index is 12.7. The van der Waals surface area contributed by atoms with E-state index in [2.05, 4.69) is 10.6 Å². The van der Waals surface area contributed by atoms with E-state index in [1.54, 1.807) is 62.4 Å². The lowest BCUT2D eigenvalue weighted by molar-refractivity contribution is -0.384. The van der Waals surface area contributed by atoms with Gasteiger partial charge in [-0.3, -0.25) is 19.7 Å². The molecule has 9 nitrogen and oxygen atoms in total. The van der Waals surface area contributed by atoms with Crippen molar-refractivity contribution < 1.29 is 24.0 Å². The fraction of sp³-hybridized carbons (Fsp3) is 0.154. The standard InChI is InChI=1S/C26H25N3O6/c1-3-34-23-17-22(28-26(31)19-10-6-5-7-11-19)24(35-4-2)16-21(23)27-25(30)14-13-18-9-8-12-20(15-18)29(32)33/h5-17H,3-4H2,1-2H3,(H,27,30)(H,28,31)/b14-13+. The number of nitro benzene ring substituents is 1. The van der Waals surface area contributed by atoms with Crippen LogP contribution in [0.1, 0.15) is 29.8 Å². The number of carbonyl (C=O) groups excluding carboxylic acids is 2. The number of nitrogens with zero attached hydrogens (tertiary/aromatic N) is 1. The third kappa shape index (κ3) is 6.91. The molecule has 0 radical (unpaired) electrons. The number of carbonyl (C=O) groups is 2. The Labute approximate surface area is 202 Å². The Morgan fingerprint density at radius 1 is 0.886 bits per heavy atom. The van der Waals surface area contributed by atoms with Gasteiger partial charge in [0.2, 0.25) is 5.91 Å². The van der Waals surface area contributed by atoms with Crippen LogP contribution < -0.4 is 20.1 Å². The minimum atomic E-state index is -0.501. The molecule has 0 fully saturated rings. The molecule has 0 aliphatic heterocycles. The molecule has 0 aromatic heterocycles. The van der Waals surface area contributed by atoms with Crippen LogP contribution >= 0.6 is 0 Å². The first-order valence-corrected chi connectivity index (χ1v) is 10.9. The summed E-state index contributed by atoms with van der Waals surface area (Å²) in [7, 11) is 0. The molecule has 0 aliphatic carbocycles. The molecule has 180 valence electrons. The second-order valence-electron chi connectivity index (χ2n) is 7.21. The lowest BCUT2D eigenvalue weighted by Crippen LogP contribution is -2.14. The Kier molecular flexibility index (Phi) is 8.55. The Hall–Kier alpha value is -4.66. The van der Waals surface area contributed by atoms with Crippen molar-refractivity contribution in [3.63, 3.8) is 0 Å². The van der Waals surface area contributed by atoms with Gasteiger partial charge >= 0.3 is 0 Å². The highest BCUT2D eigenvalue weighted by atomic mass is 16.6. The second kappa shape index (κ2) is 12.0. The number of ether oxygens (including phenoxy) is 2. The summed E-state index contributed by atoms with van der Waals surface area (Å²) < 4.78 is 11.4. The van der Waals surface area contributed by atoms with E-state index in [-0.39, 0.29) is 11.6 Å². The number of amides is 2. The van der Waals surface area contributed by atoms with Crippen molar-refractivity contribution in [3.8, 4) is 11.5 Å². The maximum atomic E-state index is 12.7. The molecule has 35 heavy (non-hydrogen) atoms. The maximum Gasteiger partial charge on any atom is 0.270 e. The number of rotatable bonds is 10. The van der Waals surface area contributed by atoms with Crippen molar-refractivity contribution in [3.05, 3.63) is 94.0 Å². The Morgan fingerprint density at radius 3 is 2.11 bits per heavy atom. The van der Waals surface area contributed by atoms with Gasteiger partial charge in [0.1, 0.15) is 11.5 Å². The first-order chi connectivity index (χ1) is 16.9. The molecule has 0 heterocycles. The van der Waals surface area contributed by atoms with Crippen LogP contribution in [0.4, 0.5) is 17.1 Å². The number of nitrogens with one attached hydrogen (secondary N) is 2. The zero-order chi connectivity index (χ0) is 25.2. The average molecular weight is 476 g/mol. The molecule has 3 aromatic rings. The quantitative estimate of drug-likeness (QED) is 0.233. The SMILES string of the molecule is CCOc1cc(NC(=O)c2ccccc2)c(OCC)cc1NC(=O)/C=C/c1cccc([N+](=O)[O-])c1. The zero-order valence-corrected chi connectivity index (χ0v) is 19.3. The van der Waals surface area contributed by atoms with E-state index in [4.69, 9.17) is 9.47 Å². The van der Waals surface area contributed by atoms with Gasteiger partial charge in [-0.15, -0.1) is 0 Å². The first kappa shape index (κ1) is 25.0. The van der Waals surface area contributed by atoms with E-state index < -0.39 is 10.8 Å². The third-order valence-corrected chi connectivity index (χ3v) is 4.73. The molecule has 0 saturated carbocycles. The minimum Gasteiger partial charge on any atom is -0.492 e. The molecule has 3 rings (SSSR count). The third-order valence-electron chi connectivity index (χ3n) is 4.73. The molecule has 0 spiro atoms. The Morgan fingerprint density at radius 2 is 1.51 bits per heavy atom. The van der Waals surface area contributed by atoms with Gasteiger partial charge in [-0.05, 0) is 37.6 Å². The fourth-order valence-corrected chi connectivity index (χ4v) is 3.18. The number of hydrogen-bond donors (Lipinski definition) is 2. The number of nitro groups is 1. The molecule has 0 unspecified atom stereocenters. The van der Waals surface area contributed by atoms with Crippen LogP contribution in [0.15, 0.2) is 72.8 Å². The lowest BCUT2D eigenvalue weighted by atomic mass is 10.1. The summed E-state index contributed by atoms with van der Waals surface area (Å²) in [5.74, 6) is -0.0822. The number of hydrogen-bond acceptors (Lipinski definition) is 6. The van der Waals surface area contributed by atoms with Gasteiger partial charge in [0.05, 0.1) is 29.5 Å². The summed E-state index contributed by atoms with van der Waals surface area (Å²) in [5.41, 5.74) is 1.67. The number of anilines is 2. The van der Waals surface area contributed by atoms with Crippen molar-refractivity contribution in [2.75, 3.05) is 23.8 Å². The monoisotopic (exact) mass is 475 g/mol. The van der Waals surface area contributed by atoms with Crippen LogP contribution in [0.25, 0.3) is 6.08 Å². The average Bonchev–Trinajstić information content (AvgIpc) is 2.86. The van der Waals surface area contributed by atoms with Crippen molar-refractivity contribution in [2.45, 2.75) is 13.8 Å². The predicted molar refractivity (Wildman–Crippen MR) is 134 cm³/mol. The normalized spacial score (nSPS) is 10.6. The van der Waals surface area contributed by atoms with Crippen molar-refractivity contribution in [2.24, 2.45) is 0 Å². The lowest BCUT2D eigenvalue weighted by Gasteiger charge is -2.17. The first-order valence-electron chi connectivity index (χ1n) is 10.9.